The van der Waals surface area contributed by atoms with Crippen molar-refractivity contribution in [1.82, 2.24) is 10.1 Å². The lowest BCUT2D eigenvalue weighted by atomic mass is 9.77. The maximum Gasteiger partial charge on any atom is 0.264 e. The second-order valence-electron chi connectivity index (χ2n) is 6.31. The summed E-state index contributed by atoms with van der Waals surface area (Å²) >= 11 is 4.04. The van der Waals surface area contributed by atoms with Crippen molar-refractivity contribution < 1.29 is 9.26 Å². The molecule has 0 radical (unpaired) electrons. The average Bonchev–Trinajstić information content (AvgIpc) is 3.08. The maximum absolute atomic E-state index is 6.20. The van der Waals surface area contributed by atoms with Crippen molar-refractivity contribution in [2.24, 2.45) is 5.73 Å². The highest BCUT2D eigenvalue weighted by atomic mass is 32.2. The van der Waals surface area contributed by atoms with Gasteiger partial charge >= 0.3 is 0 Å². The van der Waals surface area contributed by atoms with Gasteiger partial charge in [0.2, 0.25) is 0 Å². The van der Waals surface area contributed by atoms with Gasteiger partial charge < -0.3 is 15.0 Å². The molecule has 0 atom stereocenters. The van der Waals surface area contributed by atoms with Crippen LogP contribution in [0.1, 0.15) is 47.5 Å². The summed E-state index contributed by atoms with van der Waals surface area (Å²) in [7, 11) is 0. The molecule has 0 spiro atoms. The van der Waals surface area contributed by atoms with Crippen LogP contribution in [0.4, 0.5) is 0 Å². The third kappa shape index (κ3) is 3.43. The van der Waals surface area contributed by atoms with E-state index in [1.165, 1.54) is 23.5 Å². The van der Waals surface area contributed by atoms with E-state index in [4.69, 9.17) is 15.0 Å². The molecule has 0 unspecified atom stereocenters. The van der Waals surface area contributed by atoms with E-state index >= 15 is 0 Å². The highest BCUT2D eigenvalue weighted by Gasteiger charge is 2.39. The van der Waals surface area contributed by atoms with Crippen LogP contribution < -0.4 is 10.5 Å². The lowest BCUT2D eigenvalue weighted by Gasteiger charge is -2.34. The molecular weight excluding hydrogens is 342 g/mol. The lowest BCUT2D eigenvalue weighted by molar-refractivity contribution is 0.223. The third-order valence-electron chi connectivity index (χ3n) is 4.50. The van der Waals surface area contributed by atoms with Crippen LogP contribution in [0.2, 0.25) is 0 Å². The fourth-order valence-corrected chi connectivity index (χ4v) is 5.74. The summed E-state index contributed by atoms with van der Waals surface area (Å²) in [6.45, 7) is 0.273. The monoisotopic (exact) mass is 363 g/mol. The van der Waals surface area contributed by atoms with Gasteiger partial charge in [0.1, 0.15) is 5.75 Å². The number of ether oxygens (including phenoxy) is 1. The minimum atomic E-state index is -0.390. The van der Waals surface area contributed by atoms with Crippen LogP contribution in [0.3, 0.4) is 0 Å². The van der Waals surface area contributed by atoms with E-state index in [1.807, 2.05) is 35.7 Å². The Bertz CT molecular complexity index is 679. The molecule has 4 rings (SSSR count). The van der Waals surface area contributed by atoms with E-state index in [2.05, 4.69) is 22.3 Å². The Morgan fingerprint density at radius 2 is 1.92 bits per heavy atom. The smallest absolute Gasteiger partial charge is 0.264 e. The molecule has 2 fully saturated rings. The summed E-state index contributed by atoms with van der Waals surface area (Å²) < 4.78 is 11.6. The zero-order chi connectivity index (χ0) is 16.4. The van der Waals surface area contributed by atoms with Crippen LogP contribution in [0.15, 0.2) is 28.8 Å². The molecule has 5 nitrogen and oxygen atoms in total. The van der Waals surface area contributed by atoms with Gasteiger partial charge in [0, 0.05) is 0 Å². The number of nitrogens with zero attached hydrogens (tertiary/aromatic N) is 2. The molecule has 1 aromatic heterocycles. The third-order valence-corrected chi connectivity index (χ3v) is 7.52. The van der Waals surface area contributed by atoms with Crippen LogP contribution in [-0.2, 0) is 12.1 Å². The summed E-state index contributed by atoms with van der Waals surface area (Å²) in [6.07, 6.45) is 4.28. The van der Waals surface area contributed by atoms with Crippen molar-refractivity contribution in [2.75, 3.05) is 11.5 Å². The molecule has 2 aliphatic rings. The minimum Gasteiger partial charge on any atom is -0.484 e. The SMILES string of the molecule is NC1(c2noc(COc3ccc(C4SCCCS4)cc3)n2)CCC1. The second-order valence-corrected chi connectivity index (χ2v) is 9.03. The van der Waals surface area contributed by atoms with Crippen molar-refractivity contribution in [3.63, 3.8) is 0 Å². The first-order valence-electron chi connectivity index (χ1n) is 8.31. The zero-order valence-corrected chi connectivity index (χ0v) is 15.1. The van der Waals surface area contributed by atoms with Crippen molar-refractivity contribution in [3.8, 4) is 5.75 Å². The fraction of sp³-hybridized carbons (Fsp3) is 0.529. The fourth-order valence-electron chi connectivity index (χ4n) is 2.84. The Morgan fingerprint density at radius 3 is 2.58 bits per heavy atom. The molecule has 1 saturated carbocycles. The van der Waals surface area contributed by atoms with Crippen LogP contribution in [-0.4, -0.2) is 21.6 Å². The Morgan fingerprint density at radius 1 is 1.17 bits per heavy atom. The normalized spacial score (nSPS) is 20.5. The molecule has 24 heavy (non-hydrogen) atoms. The first kappa shape index (κ1) is 16.3. The van der Waals surface area contributed by atoms with Gasteiger partial charge in [0.25, 0.3) is 5.89 Å². The minimum absolute atomic E-state index is 0.273. The van der Waals surface area contributed by atoms with Gasteiger partial charge in [-0.3, -0.25) is 0 Å². The molecule has 1 aromatic carbocycles. The second kappa shape index (κ2) is 6.98. The van der Waals surface area contributed by atoms with Gasteiger partial charge in [-0.2, -0.15) is 4.98 Å². The molecule has 7 heteroatoms. The highest BCUT2D eigenvalue weighted by molar-refractivity contribution is 8.16. The van der Waals surface area contributed by atoms with Gasteiger partial charge in [-0.15, -0.1) is 23.5 Å². The molecule has 2 heterocycles. The van der Waals surface area contributed by atoms with E-state index in [9.17, 15) is 0 Å². The summed E-state index contributed by atoms with van der Waals surface area (Å²) in [6, 6.07) is 8.32. The molecule has 2 N–H and O–H groups in total. The largest absolute Gasteiger partial charge is 0.484 e. The summed E-state index contributed by atoms with van der Waals surface area (Å²) in [4.78, 5) is 4.38. The molecule has 128 valence electrons. The predicted molar refractivity (Wildman–Crippen MR) is 97.1 cm³/mol. The Kier molecular flexibility index (Phi) is 4.74. The molecule has 0 bridgehead atoms. The molecule has 1 aliphatic heterocycles. The topological polar surface area (TPSA) is 74.2 Å². The summed E-state index contributed by atoms with van der Waals surface area (Å²) in [5.74, 6) is 4.39. The van der Waals surface area contributed by atoms with Gasteiger partial charge in [-0.25, -0.2) is 0 Å². The first-order valence-corrected chi connectivity index (χ1v) is 10.4. The predicted octanol–water partition coefficient (Wildman–Crippen LogP) is 3.86. The van der Waals surface area contributed by atoms with Crippen molar-refractivity contribution in [3.05, 3.63) is 41.5 Å². The van der Waals surface area contributed by atoms with Crippen molar-refractivity contribution in [1.29, 1.82) is 0 Å². The molecule has 1 saturated heterocycles. The van der Waals surface area contributed by atoms with E-state index in [1.54, 1.807) is 0 Å². The highest BCUT2D eigenvalue weighted by Crippen LogP contribution is 2.43. The first-order chi connectivity index (χ1) is 11.7. The number of aromatic nitrogens is 2. The van der Waals surface area contributed by atoms with E-state index < -0.39 is 5.54 Å². The van der Waals surface area contributed by atoms with Crippen LogP contribution in [0.25, 0.3) is 0 Å². The van der Waals surface area contributed by atoms with Crippen molar-refractivity contribution >= 4 is 23.5 Å². The van der Waals surface area contributed by atoms with E-state index in [-0.39, 0.29) is 6.61 Å². The average molecular weight is 364 g/mol. The lowest BCUT2D eigenvalue weighted by Crippen LogP contribution is -2.44. The molecule has 2 aromatic rings. The molecule has 1 aliphatic carbocycles. The van der Waals surface area contributed by atoms with Gasteiger partial charge in [0.05, 0.1) is 10.1 Å². The Balaban J connectivity index is 1.34. The van der Waals surface area contributed by atoms with E-state index in [0.717, 1.165) is 25.0 Å². The zero-order valence-electron chi connectivity index (χ0n) is 13.4. The standard InChI is InChI=1S/C17H21N3O2S2/c18-17(7-1-8-17)16-19-14(22-20-16)11-21-13-5-3-12(4-6-13)15-23-9-2-10-24-15/h3-6,15H,1-2,7-11,18H2. The number of rotatable bonds is 5. The summed E-state index contributed by atoms with van der Waals surface area (Å²) in [5, 5.41) is 4.00. The molecular formula is C17H21N3O2S2. The van der Waals surface area contributed by atoms with E-state index in [0.29, 0.717) is 16.3 Å². The number of hydrogen-bond acceptors (Lipinski definition) is 7. The van der Waals surface area contributed by atoms with Crippen LogP contribution >= 0.6 is 23.5 Å². The van der Waals surface area contributed by atoms with Crippen LogP contribution in [0, 0.1) is 0 Å². The number of thioether (sulfide) groups is 2. The number of nitrogens with two attached hydrogens (primary N) is 1. The van der Waals surface area contributed by atoms with Crippen molar-refractivity contribution in [2.45, 2.75) is 42.4 Å². The van der Waals surface area contributed by atoms with Gasteiger partial charge in [-0.05, 0) is 54.9 Å². The quantitative estimate of drug-likeness (QED) is 0.864. The number of hydrogen-bond donors (Lipinski definition) is 1. The number of benzene rings is 1. The maximum atomic E-state index is 6.20. The summed E-state index contributed by atoms with van der Waals surface area (Å²) in [5.41, 5.74) is 7.17. The van der Waals surface area contributed by atoms with Crippen LogP contribution in [0.5, 0.6) is 5.75 Å². The van der Waals surface area contributed by atoms with Gasteiger partial charge in [0.15, 0.2) is 12.4 Å². The Labute approximate surface area is 150 Å². The van der Waals surface area contributed by atoms with Gasteiger partial charge in [-0.1, -0.05) is 17.3 Å². The molecule has 0 amide bonds. The Hall–Kier alpha value is -1.18.